The lowest BCUT2D eigenvalue weighted by molar-refractivity contribution is -0.00461. The molecule has 0 radical (unpaired) electrons. The molecule has 1 saturated heterocycles. The third-order valence-corrected chi connectivity index (χ3v) is 3.54. The maximum Gasteiger partial charge on any atom is 0.144 e. The van der Waals surface area contributed by atoms with Crippen LogP contribution in [-0.4, -0.2) is 60.9 Å². The number of nitrogens with one attached hydrogen (secondary N) is 1. The number of ether oxygens (including phenoxy) is 2. The first-order valence-corrected chi connectivity index (χ1v) is 7.09. The van der Waals surface area contributed by atoms with Crippen molar-refractivity contribution < 1.29 is 9.47 Å². The second-order valence-corrected chi connectivity index (χ2v) is 5.06. The van der Waals surface area contributed by atoms with E-state index in [1.54, 1.807) is 20.4 Å². The topological polar surface area (TPSA) is 59.5 Å². The van der Waals surface area contributed by atoms with E-state index in [9.17, 15) is 0 Å². The van der Waals surface area contributed by atoms with Gasteiger partial charge in [0, 0.05) is 40.4 Å². The van der Waals surface area contributed by atoms with Crippen molar-refractivity contribution in [1.82, 2.24) is 14.9 Å². The van der Waals surface area contributed by atoms with Gasteiger partial charge in [0.25, 0.3) is 0 Å². The highest BCUT2D eigenvalue weighted by Crippen LogP contribution is 2.17. The lowest BCUT2D eigenvalue weighted by Gasteiger charge is -2.14. The number of methoxy groups -OCH3 is 2. The molecule has 112 valence electrons. The summed E-state index contributed by atoms with van der Waals surface area (Å²) >= 11 is 0. The van der Waals surface area contributed by atoms with Crippen molar-refractivity contribution in [3.63, 3.8) is 0 Å². The zero-order chi connectivity index (χ0) is 14.4. The SMILES string of the molecule is CCCNc1cnc(CN2CC(OC)C(OC)C2)cn1. The van der Waals surface area contributed by atoms with E-state index >= 15 is 0 Å². The molecule has 6 nitrogen and oxygen atoms in total. The van der Waals surface area contributed by atoms with Crippen molar-refractivity contribution in [1.29, 1.82) is 0 Å². The van der Waals surface area contributed by atoms with E-state index < -0.39 is 0 Å². The van der Waals surface area contributed by atoms with E-state index in [2.05, 4.69) is 27.1 Å². The van der Waals surface area contributed by atoms with Crippen LogP contribution in [0.2, 0.25) is 0 Å². The summed E-state index contributed by atoms with van der Waals surface area (Å²) in [5.41, 5.74) is 0.971. The Kier molecular flexibility index (Phi) is 5.70. The Balaban J connectivity index is 1.87. The Bertz CT molecular complexity index is 387. The average molecular weight is 280 g/mol. The molecule has 1 aliphatic rings. The minimum absolute atomic E-state index is 0.137. The Hall–Kier alpha value is -1.24. The third-order valence-electron chi connectivity index (χ3n) is 3.54. The van der Waals surface area contributed by atoms with Crippen LogP contribution in [0.4, 0.5) is 5.82 Å². The van der Waals surface area contributed by atoms with Crippen molar-refractivity contribution in [3.05, 3.63) is 18.1 Å². The fourth-order valence-electron chi connectivity index (χ4n) is 2.41. The molecule has 0 saturated carbocycles. The first-order chi connectivity index (χ1) is 9.76. The number of rotatable bonds is 7. The van der Waals surface area contributed by atoms with Crippen LogP contribution in [-0.2, 0) is 16.0 Å². The molecule has 1 N–H and O–H groups in total. The first-order valence-electron chi connectivity index (χ1n) is 7.09. The molecule has 6 heteroatoms. The van der Waals surface area contributed by atoms with Crippen LogP contribution in [0.25, 0.3) is 0 Å². The molecular weight excluding hydrogens is 256 g/mol. The molecule has 1 fully saturated rings. The molecule has 2 rings (SSSR count). The van der Waals surface area contributed by atoms with Gasteiger partial charge in [0.1, 0.15) is 5.82 Å². The largest absolute Gasteiger partial charge is 0.377 e. The van der Waals surface area contributed by atoms with Gasteiger partial charge in [0.15, 0.2) is 0 Å². The van der Waals surface area contributed by atoms with Crippen LogP contribution in [0, 0.1) is 0 Å². The average Bonchev–Trinajstić information content (AvgIpc) is 2.88. The minimum atomic E-state index is 0.137. The Morgan fingerprint density at radius 2 is 1.90 bits per heavy atom. The second kappa shape index (κ2) is 7.52. The van der Waals surface area contributed by atoms with Crippen molar-refractivity contribution in [2.24, 2.45) is 0 Å². The van der Waals surface area contributed by atoms with Crippen LogP contribution < -0.4 is 5.32 Å². The van der Waals surface area contributed by atoms with Crippen LogP contribution in [0.15, 0.2) is 12.4 Å². The zero-order valence-corrected chi connectivity index (χ0v) is 12.5. The normalized spacial score (nSPS) is 23.1. The summed E-state index contributed by atoms with van der Waals surface area (Å²) in [6.07, 6.45) is 4.98. The predicted molar refractivity (Wildman–Crippen MR) is 77.7 cm³/mol. The summed E-state index contributed by atoms with van der Waals surface area (Å²) in [6, 6.07) is 0. The minimum Gasteiger partial charge on any atom is -0.377 e. The van der Waals surface area contributed by atoms with E-state index in [1.807, 2.05) is 6.20 Å². The fraction of sp³-hybridized carbons (Fsp3) is 0.714. The molecule has 1 aliphatic heterocycles. The Morgan fingerprint density at radius 3 is 2.40 bits per heavy atom. The van der Waals surface area contributed by atoms with E-state index in [4.69, 9.17) is 9.47 Å². The van der Waals surface area contributed by atoms with Gasteiger partial charge in [-0.25, -0.2) is 4.98 Å². The number of anilines is 1. The van der Waals surface area contributed by atoms with Crippen molar-refractivity contribution in [2.75, 3.05) is 39.2 Å². The summed E-state index contributed by atoms with van der Waals surface area (Å²) in [5.74, 6) is 0.835. The van der Waals surface area contributed by atoms with E-state index in [0.29, 0.717) is 0 Å². The van der Waals surface area contributed by atoms with Crippen LogP contribution in [0.1, 0.15) is 19.0 Å². The maximum absolute atomic E-state index is 5.43. The molecule has 0 bridgehead atoms. The van der Waals surface area contributed by atoms with Gasteiger partial charge in [-0.05, 0) is 6.42 Å². The van der Waals surface area contributed by atoms with Gasteiger partial charge in [-0.3, -0.25) is 9.88 Å². The van der Waals surface area contributed by atoms with Crippen molar-refractivity contribution in [3.8, 4) is 0 Å². The van der Waals surface area contributed by atoms with Gasteiger partial charge in [0.05, 0.1) is 30.3 Å². The number of aromatic nitrogens is 2. The quantitative estimate of drug-likeness (QED) is 0.808. The number of hydrogen-bond acceptors (Lipinski definition) is 6. The van der Waals surface area contributed by atoms with Crippen LogP contribution in [0.5, 0.6) is 0 Å². The third kappa shape index (κ3) is 3.88. The maximum atomic E-state index is 5.43. The molecule has 2 heterocycles. The summed E-state index contributed by atoms with van der Waals surface area (Å²) < 4.78 is 10.9. The first kappa shape index (κ1) is 15.2. The molecule has 0 aliphatic carbocycles. The highest BCUT2D eigenvalue weighted by atomic mass is 16.5. The molecule has 0 aromatic carbocycles. The van der Waals surface area contributed by atoms with Gasteiger partial charge in [0.2, 0.25) is 0 Å². The Labute approximate surface area is 120 Å². The van der Waals surface area contributed by atoms with E-state index in [1.165, 1.54) is 0 Å². The van der Waals surface area contributed by atoms with Crippen molar-refractivity contribution in [2.45, 2.75) is 32.1 Å². The molecule has 1 aromatic rings. The molecule has 0 amide bonds. The lowest BCUT2D eigenvalue weighted by atomic mass is 10.3. The number of nitrogens with zero attached hydrogens (tertiary/aromatic N) is 3. The zero-order valence-electron chi connectivity index (χ0n) is 12.5. The molecular formula is C14H24N4O2. The van der Waals surface area contributed by atoms with Gasteiger partial charge in [-0.2, -0.15) is 0 Å². The van der Waals surface area contributed by atoms with Crippen LogP contribution in [0.3, 0.4) is 0 Å². The highest BCUT2D eigenvalue weighted by molar-refractivity contribution is 5.30. The molecule has 20 heavy (non-hydrogen) atoms. The Morgan fingerprint density at radius 1 is 1.20 bits per heavy atom. The molecule has 2 unspecified atom stereocenters. The van der Waals surface area contributed by atoms with Crippen LogP contribution >= 0.6 is 0 Å². The van der Waals surface area contributed by atoms with E-state index in [-0.39, 0.29) is 12.2 Å². The van der Waals surface area contributed by atoms with Gasteiger partial charge < -0.3 is 14.8 Å². The van der Waals surface area contributed by atoms with Gasteiger partial charge >= 0.3 is 0 Å². The standard InChI is InChI=1S/C14H24N4O2/c1-4-5-15-14-7-16-11(6-17-14)8-18-9-12(19-2)13(10-18)20-3/h6-7,12-13H,4-5,8-10H2,1-3H3,(H,15,17). The summed E-state index contributed by atoms with van der Waals surface area (Å²) in [4.78, 5) is 11.1. The lowest BCUT2D eigenvalue weighted by Crippen LogP contribution is -2.27. The second-order valence-electron chi connectivity index (χ2n) is 5.06. The fourth-order valence-corrected chi connectivity index (χ4v) is 2.41. The van der Waals surface area contributed by atoms with Gasteiger partial charge in [-0.1, -0.05) is 6.92 Å². The number of hydrogen-bond donors (Lipinski definition) is 1. The summed E-state index contributed by atoms with van der Waals surface area (Å²) in [6.45, 7) is 5.56. The summed E-state index contributed by atoms with van der Waals surface area (Å²) in [7, 11) is 3.46. The monoisotopic (exact) mass is 280 g/mol. The molecule has 1 aromatic heterocycles. The molecule has 2 atom stereocenters. The predicted octanol–water partition coefficient (Wildman–Crippen LogP) is 1.14. The van der Waals surface area contributed by atoms with Gasteiger partial charge in [-0.15, -0.1) is 0 Å². The number of likely N-dealkylation sites (tertiary alicyclic amines) is 1. The molecule has 0 spiro atoms. The summed E-state index contributed by atoms with van der Waals surface area (Å²) in [5, 5.41) is 3.22. The highest BCUT2D eigenvalue weighted by Gasteiger charge is 2.32. The smallest absolute Gasteiger partial charge is 0.144 e. The van der Waals surface area contributed by atoms with Crippen molar-refractivity contribution >= 4 is 5.82 Å². The van der Waals surface area contributed by atoms with E-state index in [0.717, 1.165) is 44.1 Å².